The molecule has 0 aliphatic heterocycles. The molecule has 1 amide bonds. The number of pyridine rings is 1. The van der Waals surface area contributed by atoms with E-state index in [-0.39, 0.29) is 17.6 Å². The average Bonchev–Trinajstić information content (AvgIpc) is 3.47. The molecule has 0 saturated carbocycles. The van der Waals surface area contributed by atoms with Crippen LogP contribution in [0.15, 0.2) is 60.9 Å². The minimum Gasteiger partial charge on any atom is -0.340 e. The van der Waals surface area contributed by atoms with Crippen molar-refractivity contribution >= 4 is 16.9 Å². The lowest BCUT2D eigenvalue weighted by Gasteiger charge is -2.15. The summed E-state index contributed by atoms with van der Waals surface area (Å²) in [6.45, 7) is 1.70. The molecule has 0 saturated heterocycles. The zero-order valence-electron chi connectivity index (χ0n) is 17.1. The molecule has 6 rings (SSSR count). The summed E-state index contributed by atoms with van der Waals surface area (Å²) in [5.74, 6) is 6.03. The van der Waals surface area contributed by atoms with Gasteiger partial charge in [-0.1, -0.05) is 47.4 Å². The molecule has 0 radical (unpaired) electrons. The number of H-pyrrole nitrogens is 1. The lowest BCUT2D eigenvalue weighted by molar-refractivity contribution is 0.0937. The number of aryl methyl sites for hydroxylation is 1. The van der Waals surface area contributed by atoms with Crippen molar-refractivity contribution in [1.82, 2.24) is 35.4 Å². The van der Waals surface area contributed by atoms with Gasteiger partial charge < -0.3 is 16.1 Å². The number of nitrogens with one attached hydrogen (secondary N) is 2. The van der Waals surface area contributed by atoms with Gasteiger partial charge in [-0.25, -0.2) is 4.98 Å². The number of hydrogen-bond acceptors (Lipinski definition) is 6. The number of nitrogen functional groups attached to an aromatic ring is 1. The highest BCUT2D eigenvalue weighted by Crippen LogP contribution is 2.47. The van der Waals surface area contributed by atoms with Crippen LogP contribution in [0.3, 0.4) is 0 Å². The predicted molar refractivity (Wildman–Crippen MR) is 119 cm³/mol. The summed E-state index contributed by atoms with van der Waals surface area (Å²) >= 11 is 0. The van der Waals surface area contributed by atoms with Crippen molar-refractivity contribution < 1.29 is 4.79 Å². The number of hydrogen-bond donors (Lipinski definition) is 3. The number of amides is 1. The minimum absolute atomic E-state index is 0.208. The number of aromatic nitrogens is 6. The highest BCUT2D eigenvalue weighted by molar-refractivity contribution is 5.96. The van der Waals surface area contributed by atoms with E-state index in [0.29, 0.717) is 5.69 Å². The number of rotatable bonds is 3. The molecule has 5 aromatic rings. The Hall–Kier alpha value is -4.53. The molecule has 1 aliphatic carbocycles. The number of carbonyl (C=O) groups excluding carboxylic acids is 1. The van der Waals surface area contributed by atoms with Gasteiger partial charge in [0.15, 0.2) is 5.69 Å². The first kappa shape index (κ1) is 18.3. The molecular weight excluding hydrogens is 404 g/mol. The highest BCUT2D eigenvalue weighted by Gasteiger charge is 2.33. The Labute approximate surface area is 182 Å². The molecule has 32 heavy (non-hydrogen) atoms. The summed E-state index contributed by atoms with van der Waals surface area (Å²) in [5, 5.41) is 11.1. The fraction of sp³-hybridized carbons (Fsp3) is 0.0870. The number of fused-ring (bicyclic) bond motifs is 4. The normalized spacial score (nSPS) is 14.3. The number of aromatic amines is 1. The van der Waals surface area contributed by atoms with Gasteiger partial charge in [0.05, 0.1) is 29.0 Å². The Bertz CT molecular complexity index is 1480. The molecule has 0 spiro atoms. The maximum atomic E-state index is 13.0. The maximum Gasteiger partial charge on any atom is 0.274 e. The fourth-order valence-electron chi connectivity index (χ4n) is 4.40. The van der Waals surface area contributed by atoms with Crippen LogP contribution < -0.4 is 11.2 Å². The van der Waals surface area contributed by atoms with Crippen LogP contribution in [0.2, 0.25) is 0 Å². The second-order valence-electron chi connectivity index (χ2n) is 7.70. The van der Waals surface area contributed by atoms with Gasteiger partial charge in [-0.05, 0) is 35.2 Å². The topological polar surface area (TPSA) is 127 Å². The smallest absolute Gasteiger partial charge is 0.274 e. The summed E-state index contributed by atoms with van der Waals surface area (Å²) in [6, 6.07) is 15.6. The summed E-state index contributed by atoms with van der Waals surface area (Å²) in [7, 11) is 0. The maximum absolute atomic E-state index is 13.0. The molecule has 1 aliphatic rings. The molecule has 3 heterocycles. The third kappa shape index (κ3) is 2.68. The summed E-state index contributed by atoms with van der Waals surface area (Å²) in [5.41, 5.74) is 7.47. The predicted octanol–water partition coefficient (Wildman–Crippen LogP) is 2.74. The summed E-state index contributed by atoms with van der Waals surface area (Å²) in [6.07, 6.45) is 3.49. The largest absolute Gasteiger partial charge is 0.340 e. The van der Waals surface area contributed by atoms with Crippen LogP contribution in [0.25, 0.3) is 33.5 Å². The molecular formula is C23H18N8O. The van der Waals surface area contributed by atoms with Crippen molar-refractivity contribution in [3.8, 4) is 22.5 Å². The Balaban J connectivity index is 1.49. The lowest BCUT2D eigenvalue weighted by Crippen LogP contribution is -2.29. The van der Waals surface area contributed by atoms with Gasteiger partial charge in [0, 0.05) is 11.8 Å². The van der Waals surface area contributed by atoms with E-state index < -0.39 is 0 Å². The number of carbonyl (C=O) groups is 1. The first-order chi connectivity index (χ1) is 15.6. The average molecular weight is 422 g/mol. The van der Waals surface area contributed by atoms with Crippen LogP contribution in [0, 0.1) is 6.92 Å². The van der Waals surface area contributed by atoms with Crippen LogP contribution in [0.4, 0.5) is 0 Å². The number of nitrogens with two attached hydrogens (primary N) is 1. The van der Waals surface area contributed by atoms with Gasteiger partial charge >= 0.3 is 0 Å². The van der Waals surface area contributed by atoms with Crippen molar-refractivity contribution in [3.05, 3.63) is 83.4 Å². The molecule has 0 bridgehead atoms. The van der Waals surface area contributed by atoms with Gasteiger partial charge in [-0.2, -0.15) is 0 Å². The SMILES string of the molecule is Cc1nn(N)nc1C(=O)NC1c2ccccc2-c2c(-c3nc4ccncc4[nH]3)cccc21. The quantitative estimate of drug-likeness (QED) is 0.384. The summed E-state index contributed by atoms with van der Waals surface area (Å²) < 4.78 is 0. The van der Waals surface area contributed by atoms with Crippen molar-refractivity contribution in [2.24, 2.45) is 0 Å². The lowest BCUT2D eigenvalue weighted by atomic mass is 9.99. The molecule has 4 N–H and O–H groups in total. The van der Waals surface area contributed by atoms with Crippen LogP contribution in [-0.2, 0) is 0 Å². The zero-order chi connectivity index (χ0) is 21.8. The molecule has 0 fully saturated rings. The van der Waals surface area contributed by atoms with Gasteiger partial charge in [-0.3, -0.25) is 9.78 Å². The van der Waals surface area contributed by atoms with Gasteiger partial charge in [0.1, 0.15) is 5.82 Å². The van der Waals surface area contributed by atoms with Gasteiger partial charge in [-0.15, -0.1) is 10.2 Å². The Morgan fingerprint density at radius 3 is 2.69 bits per heavy atom. The monoisotopic (exact) mass is 422 g/mol. The Morgan fingerprint density at radius 1 is 1.06 bits per heavy atom. The van der Waals surface area contributed by atoms with E-state index in [0.717, 1.165) is 49.6 Å². The fourth-order valence-corrected chi connectivity index (χ4v) is 4.40. The molecule has 9 heteroatoms. The van der Waals surface area contributed by atoms with Crippen LogP contribution in [-0.4, -0.2) is 36.0 Å². The van der Waals surface area contributed by atoms with E-state index in [1.54, 1.807) is 19.3 Å². The number of nitrogens with zero attached hydrogens (tertiary/aromatic N) is 5. The number of benzene rings is 2. The van der Waals surface area contributed by atoms with E-state index in [1.165, 1.54) is 0 Å². The van der Waals surface area contributed by atoms with E-state index in [1.807, 2.05) is 42.5 Å². The van der Waals surface area contributed by atoms with E-state index in [9.17, 15) is 4.79 Å². The third-order valence-corrected chi connectivity index (χ3v) is 5.78. The van der Waals surface area contributed by atoms with E-state index >= 15 is 0 Å². The minimum atomic E-state index is -0.331. The molecule has 2 aromatic carbocycles. The zero-order valence-corrected chi connectivity index (χ0v) is 17.1. The van der Waals surface area contributed by atoms with Crippen LogP contribution in [0.1, 0.15) is 33.4 Å². The summed E-state index contributed by atoms with van der Waals surface area (Å²) in [4.78, 5) is 26.2. The van der Waals surface area contributed by atoms with E-state index in [2.05, 4.69) is 31.5 Å². The van der Waals surface area contributed by atoms with Gasteiger partial charge in [0.25, 0.3) is 5.91 Å². The van der Waals surface area contributed by atoms with Gasteiger partial charge in [0.2, 0.25) is 0 Å². The van der Waals surface area contributed by atoms with Crippen molar-refractivity contribution in [2.45, 2.75) is 13.0 Å². The first-order valence-electron chi connectivity index (χ1n) is 10.1. The second-order valence-corrected chi connectivity index (χ2v) is 7.70. The highest BCUT2D eigenvalue weighted by atomic mass is 16.2. The van der Waals surface area contributed by atoms with Crippen LogP contribution in [0.5, 0.6) is 0 Å². The van der Waals surface area contributed by atoms with Crippen molar-refractivity contribution in [1.29, 1.82) is 0 Å². The van der Waals surface area contributed by atoms with Crippen molar-refractivity contribution in [2.75, 3.05) is 5.84 Å². The first-order valence-corrected chi connectivity index (χ1v) is 10.1. The Kier molecular flexibility index (Phi) is 3.85. The molecule has 3 aromatic heterocycles. The standard InChI is InChI=1S/C23H18N8O/c1-12-20(30-31(24)29-12)23(32)28-21-14-6-3-2-5-13(14)19-15(21)7-4-8-16(19)22-26-17-9-10-25-11-18(17)27-22/h2-11,21H,24H2,1H3,(H,26,27)(H,28,32). The molecule has 1 unspecified atom stereocenters. The molecule has 9 nitrogen and oxygen atoms in total. The third-order valence-electron chi connectivity index (χ3n) is 5.78. The number of imidazole rings is 1. The van der Waals surface area contributed by atoms with Crippen molar-refractivity contribution in [3.63, 3.8) is 0 Å². The van der Waals surface area contributed by atoms with E-state index in [4.69, 9.17) is 10.8 Å². The molecule has 156 valence electrons. The Morgan fingerprint density at radius 2 is 1.88 bits per heavy atom. The molecule has 1 atom stereocenters. The second kappa shape index (κ2) is 6.74. The van der Waals surface area contributed by atoms with Crippen LogP contribution >= 0.6 is 0 Å².